The number of benzene rings is 1. The summed E-state index contributed by atoms with van der Waals surface area (Å²) >= 11 is 0. The van der Waals surface area contributed by atoms with Crippen LogP contribution in [0.15, 0.2) is 17.1 Å². The molecule has 2 aliphatic heterocycles. The number of ether oxygens (including phenoxy) is 2. The van der Waals surface area contributed by atoms with Crippen LogP contribution in [-0.2, 0) is 11.2 Å². The third-order valence-corrected chi connectivity index (χ3v) is 6.33. The van der Waals surface area contributed by atoms with Crippen LogP contribution < -0.4 is 9.47 Å². The van der Waals surface area contributed by atoms with Gasteiger partial charge in [-0.15, -0.1) is 0 Å². The van der Waals surface area contributed by atoms with Crippen molar-refractivity contribution < 1.29 is 14.3 Å². The number of hydrogen-bond donors (Lipinski definition) is 0. The highest BCUT2D eigenvalue weighted by Crippen LogP contribution is 2.49. The molecule has 0 aromatic heterocycles. The Kier molecular flexibility index (Phi) is 3.39. The molecule has 24 heavy (non-hydrogen) atoms. The van der Waals surface area contributed by atoms with Crippen LogP contribution in [0, 0.1) is 17.8 Å². The second kappa shape index (κ2) is 5.61. The lowest BCUT2D eigenvalue weighted by Crippen LogP contribution is -2.20. The number of nitrogens with zero attached hydrogens (tertiary/aromatic N) is 1. The average Bonchev–Trinajstić information content (AvgIpc) is 3.29. The first-order chi connectivity index (χ1) is 11.8. The molecule has 126 valence electrons. The third-order valence-electron chi connectivity index (χ3n) is 6.33. The van der Waals surface area contributed by atoms with E-state index in [0.29, 0.717) is 18.1 Å². The molecule has 0 saturated heterocycles. The number of ketones is 1. The maximum Gasteiger partial charge on any atom is 0.231 e. The molecule has 1 aromatic rings. The standard InChI is InChI=1S/C20H23NO3/c22-16(7-15-6-12-1-2-13(15)5-12)9-18-17-10-20-19(23-11-24-20)8-14(17)3-4-21-18/h8,10,12-13,15H,1-7,9,11H2/t12-,13-,15-/m1/s1. The summed E-state index contributed by atoms with van der Waals surface area (Å²) in [5, 5.41) is 0. The summed E-state index contributed by atoms with van der Waals surface area (Å²) < 4.78 is 11.0. The Balaban J connectivity index is 1.31. The molecule has 2 aliphatic carbocycles. The molecule has 0 radical (unpaired) electrons. The van der Waals surface area contributed by atoms with Gasteiger partial charge in [-0.05, 0) is 61.1 Å². The molecule has 4 heteroatoms. The van der Waals surface area contributed by atoms with E-state index in [9.17, 15) is 4.79 Å². The zero-order valence-corrected chi connectivity index (χ0v) is 13.9. The molecule has 2 bridgehead atoms. The van der Waals surface area contributed by atoms with Crippen molar-refractivity contribution in [1.29, 1.82) is 0 Å². The number of hydrogen-bond acceptors (Lipinski definition) is 4. The Hall–Kier alpha value is -1.84. The predicted octanol–water partition coefficient (Wildman–Crippen LogP) is 3.55. The monoisotopic (exact) mass is 325 g/mol. The quantitative estimate of drug-likeness (QED) is 0.850. The van der Waals surface area contributed by atoms with E-state index in [4.69, 9.17) is 9.47 Å². The van der Waals surface area contributed by atoms with Crippen molar-refractivity contribution >= 4 is 11.5 Å². The summed E-state index contributed by atoms with van der Waals surface area (Å²) in [7, 11) is 0. The number of fused-ring (bicyclic) bond motifs is 4. The molecule has 2 heterocycles. The molecule has 0 unspecified atom stereocenters. The van der Waals surface area contributed by atoms with Crippen molar-refractivity contribution in [2.75, 3.05) is 13.3 Å². The summed E-state index contributed by atoms with van der Waals surface area (Å²) in [4.78, 5) is 17.3. The molecule has 2 fully saturated rings. The van der Waals surface area contributed by atoms with Gasteiger partial charge in [-0.3, -0.25) is 9.79 Å². The zero-order valence-electron chi connectivity index (χ0n) is 13.9. The van der Waals surface area contributed by atoms with Gasteiger partial charge in [-0.1, -0.05) is 6.42 Å². The summed E-state index contributed by atoms with van der Waals surface area (Å²) in [5.41, 5.74) is 3.27. The lowest BCUT2D eigenvalue weighted by atomic mass is 9.84. The van der Waals surface area contributed by atoms with Gasteiger partial charge in [-0.2, -0.15) is 0 Å². The summed E-state index contributed by atoms with van der Waals surface area (Å²) in [6, 6.07) is 4.08. The van der Waals surface area contributed by atoms with Crippen LogP contribution in [-0.4, -0.2) is 24.8 Å². The van der Waals surface area contributed by atoms with Gasteiger partial charge in [0.25, 0.3) is 0 Å². The Morgan fingerprint density at radius 1 is 1.17 bits per heavy atom. The van der Waals surface area contributed by atoms with Gasteiger partial charge in [0, 0.05) is 30.7 Å². The van der Waals surface area contributed by atoms with Gasteiger partial charge < -0.3 is 9.47 Å². The fourth-order valence-corrected chi connectivity index (χ4v) is 5.18. The van der Waals surface area contributed by atoms with Crippen molar-refractivity contribution in [3.05, 3.63) is 23.3 Å². The molecule has 1 aromatic carbocycles. The Bertz CT molecular complexity index is 724. The van der Waals surface area contributed by atoms with Crippen LogP contribution in [0.3, 0.4) is 0 Å². The van der Waals surface area contributed by atoms with E-state index in [1.807, 2.05) is 6.07 Å². The summed E-state index contributed by atoms with van der Waals surface area (Å²) in [5.74, 6) is 4.31. The minimum Gasteiger partial charge on any atom is -0.454 e. The van der Waals surface area contributed by atoms with Gasteiger partial charge in [0.15, 0.2) is 11.5 Å². The van der Waals surface area contributed by atoms with Gasteiger partial charge in [0.05, 0.1) is 0 Å². The van der Waals surface area contributed by atoms with E-state index in [-0.39, 0.29) is 6.79 Å². The molecule has 5 rings (SSSR count). The molecule has 4 nitrogen and oxygen atoms in total. The molecular weight excluding hydrogens is 302 g/mol. The van der Waals surface area contributed by atoms with Gasteiger partial charge >= 0.3 is 0 Å². The van der Waals surface area contributed by atoms with E-state index in [1.54, 1.807) is 0 Å². The van der Waals surface area contributed by atoms with Gasteiger partial charge in [-0.25, -0.2) is 0 Å². The van der Waals surface area contributed by atoms with E-state index in [2.05, 4.69) is 11.1 Å². The SMILES string of the molecule is O=C(CC1=NCCc2cc3c(cc21)OCO3)C[C@H]1C[C@@H]2CC[C@@H]1C2. The number of aliphatic imine (C=N–C) groups is 1. The van der Waals surface area contributed by atoms with E-state index < -0.39 is 0 Å². The maximum absolute atomic E-state index is 12.7. The number of carbonyl (C=O) groups is 1. The van der Waals surface area contributed by atoms with Crippen molar-refractivity contribution in [3.63, 3.8) is 0 Å². The smallest absolute Gasteiger partial charge is 0.231 e. The minimum atomic E-state index is 0.286. The third kappa shape index (κ3) is 2.43. The second-order valence-electron chi connectivity index (χ2n) is 7.80. The molecule has 0 amide bonds. The van der Waals surface area contributed by atoms with Crippen molar-refractivity contribution in [1.82, 2.24) is 0 Å². The van der Waals surface area contributed by atoms with Gasteiger partial charge in [0.2, 0.25) is 6.79 Å². The lowest BCUT2D eigenvalue weighted by Gasteiger charge is -2.22. The topological polar surface area (TPSA) is 47.9 Å². The zero-order chi connectivity index (χ0) is 16.1. The fourth-order valence-electron chi connectivity index (χ4n) is 5.18. The predicted molar refractivity (Wildman–Crippen MR) is 90.9 cm³/mol. The Morgan fingerprint density at radius 2 is 2.04 bits per heavy atom. The van der Waals surface area contributed by atoms with Crippen LogP contribution in [0.1, 0.15) is 49.7 Å². The van der Waals surface area contributed by atoms with E-state index >= 15 is 0 Å². The Labute approximate surface area is 142 Å². The highest BCUT2D eigenvalue weighted by molar-refractivity contribution is 6.12. The summed E-state index contributed by atoms with van der Waals surface area (Å²) in [6.07, 6.45) is 7.51. The normalized spacial score (nSPS) is 29.5. The van der Waals surface area contributed by atoms with E-state index in [0.717, 1.165) is 54.0 Å². The maximum atomic E-state index is 12.7. The van der Waals surface area contributed by atoms with Crippen LogP contribution in [0.2, 0.25) is 0 Å². The van der Waals surface area contributed by atoms with Crippen molar-refractivity contribution in [2.45, 2.75) is 44.9 Å². The fraction of sp³-hybridized carbons (Fsp3) is 0.600. The largest absolute Gasteiger partial charge is 0.454 e. The first-order valence-electron chi connectivity index (χ1n) is 9.24. The first-order valence-corrected chi connectivity index (χ1v) is 9.24. The first kappa shape index (κ1) is 14.5. The molecule has 4 aliphatic rings. The molecule has 2 saturated carbocycles. The van der Waals surface area contributed by atoms with Crippen LogP contribution in [0.5, 0.6) is 11.5 Å². The number of carbonyl (C=O) groups excluding carboxylic acids is 1. The highest BCUT2D eigenvalue weighted by Gasteiger charge is 2.40. The Morgan fingerprint density at radius 3 is 2.83 bits per heavy atom. The minimum absolute atomic E-state index is 0.286. The molecular formula is C20H23NO3. The van der Waals surface area contributed by atoms with Crippen LogP contribution in [0.4, 0.5) is 0 Å². The van der Waals surface area contributed by atoms with E-state index in [1.165, 1.54) is 31.2 Å². The molecule has 3 atom stereocenters. The average molecular weight is 325 g/mol. The van der Waals surface area contributed by atoms with Crippen molar-refractivity contribution in [3.8, 4) is 11.5 Å². The highest BCUT2D eigenvalue weighted by atomic mass is 16.7. The number of Topliss-reactive ketones (excluding diaryl/α,β-unsaturated/α-hetero) is 1. The van der Waals surface area contributed by atoms with Crippen LogP contribution >= 0.6 is 0 Å². The second-order valence-corrected chi connectivity index (χ2v) is 7.80. The van der Waals surface area contributed by atoms with Crippen molar-refractivity contribution in [2.24, 2.45) is 22.7 Å². The number of rotatable bonds is 4. The van der Waals surface area contributed by atoms with Crippen LogP contribution in [0.25, 0.3) is 0 Å². The summed E-state index contributed by atoms with van der Waals surface area (Å²) in [6.45, 7) is 1.05. The molecule has 0 N–H and O–H groups in total. The lowest BCUT2D eigenvalue weighted by molar-refractivity contribution is -0.119. The van der Waals surface area contributed by atoms with Gasteiger partial charge in [0.1, 0.15) is 5.78 Å². The molecule has 0 spiro atoms.